The predicted molar refractivity (Wildman–Crippen MR) is 107 cm³/mol. The molecule has 2 aliphatic rings. The first-order chi connectivity index (χ1) is 11.8. The first kappa shape index (κ1) is 16.9. The highest BCUT2D eigenvalue weighted by atomic mass is 32.2. The zero-order chi connectivity index (χ0) is 17.7. The largest absolute Gasteiger partial charge is 0.374 e. The molecule has 0 bridgehead atoms. The summed E-state index contributed by atoms with van der Waals surface area (Å²) in [4.78, 5) is 4.68. The number of aliphatic imine (C=N–C) groups is 1. The number of benzene rings is 1. The molecular weight excluding hydrogens is 374 g/mol. The maximum atomic E-state index is 12.5. The molecule has 0 radical (unpaired) electrons. The van der Waals surface area contributed by atoms with Crippen molar-refractivity contribution in [3.8, 4) is 0 Å². The van der Waals surface area contributed by atoms with E-state index in [1.165, 1.54) is 11.3 Å². The van der Waals surface area contributed by atoms with Gasteiger partial charge < -0.3 is 5.32 Å². The predicted octanol–water partition coefficient (Wildman–Crippen LogP) is 3.81. The van der Waals surface area contributed by atoms with Gasteiger partial charge in [-0.15, -0.1) is 23.1 Å². The number of nitrogens with zero attached hydrogens (tertiary/aromatic N) is 1. The summed E-state index contributed by atoms with van der Waals surface area (Å²) in [6.45, 7) is 5.20. The monoisotopic (exact) mass is 393 g/mol. The van der Waals surface area contributed by atoms with Crippen LogP contribution in [0, 0.1) is 0 Å². The number of nitrogens with one attached hydrogen (secondary N) is 2. The molecule has 8 heteroatoms. The molecule has 0 spiro atoms. The fourth-order valence-corrected chi connectivity index (χ4v) is 6.20. The summed E-state index contributed by atoms with van der Waals surface area (Å²) in [5.74, 6) is 0. The Morgan fingerprint density at radius 3 is 2.80 bits per heavy atom. The quantitative estimate of drug-likeness (QED) is 0.829. The highest BCUT2D eigenvalue weighted by molar-refractivity contribution is 8.15. The lowest BCUT2D eigenvalue weighted by Crippen LogP contribution is -2.25. The van der Waals surface area contributed by atoms with Crippen LogP contribution in [0.4, 0.5) is 11.4 Å². The van der Waals surface area contributed by atoms with Gasteiger partial charge in [-0.1, -0.05) is 18.2 Å². The van der Waals surface area contributed by atoms with E-state index in [4.69, 9.17) is 0 Å². The molecule has 5 nitrogen and oxygen atoms in total. The highest BCUT2D eigenvalue weighted by Gasteiger charge is 2.35. The van der Waals surface area contributed by atoms with Crippen molar-refractivity contribution in [3.63, 3.8) is 0 Å². The summed E-state index contributed by atoms with van der Waals surface area (Å²) >= 11 is 3.01. The molecule has 0 saturated carbocycles. The average Bonchev–Trinajstić information content (AvgIpc) is 3.25. The van der Waals surface area contributed by atoms with E-state index in [2.05, 4.69) is 28.9 Å². The third kappa shape index (κ3) is 3.30. The molecule has 25 heavy (non-hydrogen) atoms. The minimum absolute atomic E-state index is 0.120. The van der Waals surface area contributed by atoms with Gasteiger partial charge in [-0.3, -0.25) is 9.71 Å². The Balaban J connectivity index is 1.58. The summed E-state index contributed by atoms with van der Waals surface area (Å²) in [6.07, 6.45) is 0.825. The van der Waals surface area contributed by atoms with Crippen LogP contribution in [0.15, 0.2) is 44.9 Å². The van der Waals surface area contributed by atoms with Gasteiger partial charge in [-0.25, -0.2) is 8.42 Å². The Morgan fingerprint density at radius 2 is 2.12 bits per heavy atom. The zero-order valence-corrected chi connectivity index (χ0v) is 16.4. The van der Waals surface area contributed by atoms with Gasteiger partial charge in [-0.05, 0) is 36.9 Å². The van der Waals surface area contributed by atoms with E-state index in [9.17, 15) is 8.42 Å². The number of hydrogen-bond acceptors (Lipinski definition) is 6. The third-order valence-electron chi connectivity index (χ3n) is 4.19. The van der Waals surface area contributed by atoms with Crippen LogP contribution in [0.5, 0.6) is 0 Å². The van der Waals surface area contributed by atoms with Crippen molar-refractivity contribution < 1.29 is 8.42 Å². The van der Waals surface area contributed by atoms with Crippen molar-refractivity contribution in [2.24, 2.45) is 4.99 Å². The lowest BCUT2D eigenvalue weighted by molar-refractivity contribution is 0.603. The highest BCUT2D eigenvalue weighted by Crippen LogP contribution is 2.40. The second-order valence-corrected chi connectivity index (χ2v) is 11.4. The van der Waals surface area contributed by atoms with Crippen LogP contribution in [-0.4, -0.2) is 30.8 Å². The van der Waals surface area contributed by atoms with Crippen LogP contribution in [0.3, 0.4) is 0 Å². The number of thioether (sulfide) groups is 1. The van der Waals surface area contributed by atoms with Gasteiger partial charge in [0.15, 0.2) is 0 Å². The molecular formula is C17H19N3O2S3. The van der Waals surface area contributed by atoms with Crippen molar-refractivity contribution in [2.45, 2.75) is 35.3 Å². The molecule has 0 aliphatic carbocycles. The smallest absolute Gasteiger partial charge is 0.271 e. The summed E-state index contributed by atoms with van der Waals surface area (Å²) in [5.41, 5.74) is 2.57. The molecule has 0 saturated heterocycles. The second-order valence-electron chi connectivity index (χ2n) is 6.79. The van der Waals surface area contributed by atoms with Gasteiger partial charge in [0.25, 0.3) is 10.0 Å². The van der Waals surface area contributed by atoms with Gasteiger partial charge in [0.1, 0.15) is 4.21 Å². The molecule has 1 unspecified atom stereocenters. The van der Waals surface area contributed by atoms with Gasteiger partial charge >= 0.3 is 0 Å². The van der Waals surface area contributed by atoms with Crippen LogP contribution in [-0.2, 0) is 16.4 Å². The SMILES string of the molecule is CC1(C)CN=C(C2Cc3cccc(NS(=O)(=O)c4cccs4)c3N2)S1. The van der Waals surface area contributed by atoms with Gasteiger partial charge in [-0.2, -0.15) is 0 Å². The molecule has 4 rings (SSSR count). The summed E-state index contributed by atoms with van der Waals surface area (Å²) in [5, 5.41) is 6.34. The third-order valence-corrected chi connectivity index (χ3v) is 8.26. The Labute approximate surface area is 156 Å². The van der Waals surface area contributed by atoms with Crippen molar-refractivity contribution in [1.29, 1.82) is 0 Å². The van der Waals surface area contributed by atoms with Crippen LogP contribution in [0.1, 0.15) is 19.4 Å². The maximum Gasteiger partial charge on any atom is 0.271 e. The fraction of sp³-hybridized carbons (Fsp3) is 0.353. The lowest BCUT2D eigenvalue weighted by atomic mass is 10.1. The number of anilines is 2. The van der Waals surface area contributed by atoms with Crippen LogP contribution >= 0.6 is 23.1 Å². The van der Waals surface area contributed by atoms with Crippen molar-refractivity contribution in [2.75, 3.05) is 16.6 Å². The first-order valence-electron chi connectivity index (χ1n) is 8.02. The normalized spacial score (nSPS) is 21.5. The van der Waals surface area contributed by atoms with E-state index in [1.807, 2.05) is 12.1 Å². The van der Waals surface area contributed by atoms with Crippen molar-refractivity contribution in [1.82, 2.24) is 0 Å². The Morgan fingerprint density at radius 1 is 1.28 bits per heavy atom. The number of para-hydroxylation sites is 1. The average molecular weight is 394 g/mol. The van der Waals surface area contributed by atoms with Crippen LogP contribution in [0.25, 0.3) is 0 Å². The number of sulfonamides is 1. The number of rotatable bonds is 4. The van der Waals surface area contributed by atoms with E-state index in [1.54, 1.807) is 35.3 Å². The van der Waals surface area contributed by atoms with Gasteiger partial charge in [0, 0.05) is 11.2 Å². The van der Waals surface area contributed by atoms with E-state index in [0.29, 0.717) is 9.90 Å². The maximum absolute atomic E-state index is 12.5. The van der Waals surface area contributed by atoms with Crippen molar-refractivity contribution in [3.05, 3.63) is 41.3 Å². The Hall–Kier alpha value is -1.51. The standard InChI is InChI=1S/C17H19N3O2S3/c1-17(2)10-18-16(24-17)13-9-11-5-3-6-12(15(11)19-13)20-25(21,22)14-7-4-8-23-14/h3-8,13,19-20H,9-10H2,1-2H3. The fourth-order valence-electron chi connectivity index (χ4n) is 3.03. The summed E-state index contributed by atoms with van der Waals surface area (Å²) < 4.78 is 28.2. The van der Waals surface area contributed by atoms with E-state index in [0.717, 1.165) is 29.3 Å². The van der Waals surface area contributed by atoms with Crippen molar-refractivity contribution >= 4 is 49.5 Å². The van der Waals surface area contributed by atoms with E-state index in [-0.39, 0.29) is 10.8 Å². The second kappa shape index (κ2) is 6.03. The summed E-state index contributed by atoms with van der Waals surface area (Å²) in [6, 6.07) is 9.19. The minimum atomic E-state index is -3.55. The lowest BCUT2D eigenvalue weighted by Gasteiger charge is -2.17. The first-order valence-corrected chi connectivity index (χ1v) is 11.2. The summed E-state index contributed by atoms with van der Waals surface area (Å²) in [7, 11) is -3.55. The number of fused-ring (bicyclic) bond motifs is 1. The van der Waals surface area contributed by atoms with E-state index < -0.39 is 10.0 Å². The van der Waals surface area contributed by atoms with Crippen LogP contribution in [0.2, 0.25) is 0 Å². The van der Waals surface area contributed by atoms with Gasteiger partial charge in [0.05, 0.1) is 29.0 Å². The molecule has 0 fully saturated rings. The Bertz CT molecular complexity index is 934. The molecule has 2 aromatic rings. The molecule has 2 aliphatic heterocycles. The minimum Gasteiger partial charge on any atom is -0.374 e. The molecule has 132 valence electrons. The molecule has 3 heterocycles. The van der Waals surface area contributed by atoms with Crippen LogP contribution < -0.4 is 10.0 Å². The molecule has 1 aromatic carbocycles. The Kier molecular flexibility index (Phi) is 4.09. The molecule has 1 atom stereocenters. The zero-order valence-electron chi connectivity index (χ0n) is 13.9. The topological polar surface area (TPSA) is 70.6 Å². The molecule has 2 N–H and O–H groups in total. The number of thiophene rings is 1. The van der Waals surface area contributed by atoms with Gasteiger partial charge in [0.2, 0.25) is 0 Å². The van der Waals surface area contributed by atoms with E-state index >= 15 is 0 Å². The number of hydrogen-bond donors (Lipinski definition) is 2. The molecule has 0 amide bonds. The molecule has 1 aromatic heterocycles.